The van der Waals surface area contributed by atoms with Crippen LogP contribution in [0.1, 0.15) is 35.4 Å². The lowest BCUT2D eigenvalue weighted by atomic mass is 10.1. The summed E-state index contributed by atoms with van der Waals surface area (Å²) in [5.41, 5.74) is 2.33. The number of benzene rings is 2. The molecule has 0 saturated heterocycles. The van der Waals surface area contributed by atoms with Crippen LogP contribution in [-0.2, 0) is 18.0 Å². The summed E-state index contributed by atoms with van der Waals surface area (Å²) in [5, 5.41) is 22.8. The van der Waals surface area contributed by atoms with Crippen molar-refractivity contribution in [1.29, 1.82) is 0 Å². The maximum atomic E-state index is 14.6. The minimum absolute atomic E-state index is 0.102. The van der Waals surface area contributed by atoms with E-state index in [9.17, 15) is 23.6 Å². The molecular weight excluding hydrogens is 497 g/mol. The molecule has 0 spiro atoms. The first-order valence-corrected chi connectivity index (χ1v) is 13.1. The van der Waals surface area contributed by atoms with Gasteiger partial charge in [-0.25, -0.2) is 8.60 Å². The second-order valence-electron chi connectivity index (χ2n) is 9.57. The molecule has 8 nitrogen and oxygen atoms in total. The van der Waals surface area contributed by atoms with Crippen molar-refractivity contribution in [2.24, 2.45) is 7.05 Å². The zero-order valence-corrected chi connectivity index (χ0v) is 22.1. The third kappa shape index (κ3) is 5.41. The van der Waals surface area contributed by atoms with Gasteiger partial charge in [0.15, 0.2) is 0 Å². The lowest BCUT2D eigenvalue weighted by Crippen LogP contribution is -2.32. The maximum Gasteiger partial charge on any atom is 0.254 e. The van der Waals surface area contributed by atoms with Crippen LogP contribution in [0.5, 0.6) is 5.75 Å². The number of pyridine rings is 1. The van der Waals surface area contributed by atoms with E-state index in [1.54, 1.807) is 46.2 Å². The molecule has 1 aliphatic carbocycles. The molecule has 0 aliphatic heterocycles. The standard InChI is InChI=1S/C27H32FN3O5S/c1-16-8-9-23(22(28)10-16)29-25-24(11-17(2)26(34)31(25)3)30-37(35)27(13-19(33)15-32)14-21(27)18-6-5-7-20(12-18)36-4/h5-12,19,21,29-30,32-33H,13-15H2,1-4H3. The van der Waals surface area contributed by atoms with Crippen LogP contribution in [-0.4, -0.2) is 43.6 Å². The Hall–Kier alpha value is -3.21. The molecule has 0 radical (unpaired) electrons. The van der Waals surface area contributed by atoms with Crippen molar-refractivity contribution >= 4 is 28.2 Å². The van der Waals surface area contributed by atoms with Gasteiger partial charge < -0.3 is 25.0 Å². The number of aryl methyl sites for hydroxylation is 2. The Labute approximate surface area is 217 Å². The zero-order valence-electron chi connectivity index (χ0n) is 21.2. The molecular formula is C27H32FN3O5S. The third-order valence-corrected chi connectivity index (χ3v) is 8.62. The van der Waals surface area contributed by atoms with Crippen LogP contribution in [0.4, 0.5) is 21.6 Å². The van der Waals surface area contributed by atoms with Gasteiger partial charge in [0.2, 0.25) is 0 Å². The first-order valence-electron chi connectivity index (χ1n) is 11.9. The molecule has 4 rings (SSSR count). The summed E-state index contributed by atoms with van der Waals surface area (Å²) in [7, 11) is 1.38. The fourth-order valence-corrected chi connectivity index (χ4v) is 6.32. The van der Waals surface area contributed by atoms with Crippen LogP contribution in [0.2, 0.25) is 0 Å². The van der Waals surface area contributed by atoms with Crippen LogP contribution in [0.3, 0.4) is 0 Å². The van der Waals surface area contributed by atoms with Gasteiger partial charge in [0, 0.05) is 18.5 Å². The van der Waals surface area contributed by atoms with Gasteiger partial charge in [-0.2, -0.15) is 0 Å². The van der Waals surface area contributed by atoms with Crippen molar-refractivity contribution < 1.29 is 23.5 Å². The molecule has 4 N–H and O–H groups in total. The van der Waals surface area contributed by atoms with E-state index in [1.165, 1.54) is 10.6 Å². The summed E-state index contributed by atoms with van der Waals surface area (Å²) in [6.07, 6.45) is -0.440. The summed E-state index contributed by atoms with van der Waals surface area (Å²) in [6, 6.07) is 13.7. The predicted octanol–water partition coefficient (Wildman–Crippen LogP) is 3.64. The van der Waals surface area contributed by atoms with Crippen LogP contribution >= 0.6 is 0 Å². The highest BCUT2D eigenvalue weighted by atomic mass is 32.2. The SMILES string of the molecule is COc1cccc(C2CC2(CC(O)CO)S(=O)Nc2cc(C)c(=O)n(C)c2Nc2ccc(C)cc2F)c1. The van der Waals surface area contributed by atoms with Gasteiger partial charge in [0.25, 0.3) is 5.56 Å². The number of ether oxygens (including phenoxy) is 1. The van der Waals surface area contributed by atoms with Crippen molar-refractivity contribution in [1.82, 2.24) is 4.57 Å². The lowest BCUT2D eigenvalue weighted by molar-refractivity contribution is 0.0857. The molecule has 4 unspecified atom stereocenters. The van der Waals surface area contributed by atoms with Gasteiger partial charge in [-0.3, -0.25) is 9.36 Å². The molecule has 1 saturated carbocycles. The number of rotatable bonds is 10. The number of hydrogen-bond donors (Lipinski definition) is 4. The van der Waals surface area contributed by atoms with E-state index in [4.69, 9.17) is 4.74 Å². The van der Waals surface area contributed by atoms with Crippen molar-refractivity contribution in [2.45, 2.75) is 43.5 Å². The Morgan fingerprint density at radius 1 is 1.22 bits per heavy atom. The Morgan fingerprint density at radius 2 is 1.97 bits per heavy atom. The topological polar surface area (TPSA) is 113 Å². The van der Waals surface area contributed by atoms with E-state index in [-0.39, 0.29) is 29.4 Å². The second-order valence-corrected chi connectivity index (χ2v) is 11.1. The molecule has 4 atom stereocenters. The summed E-state index contributed by atoms with van der Waals surface area (Å²) in [5.74, 6) is 0.280. The number of halogens is 1. The van der Waals surface area contributed by atoms with Crippen molar-refractivity contribution in [3.8, 4) is 5.75 Å². The summed E-state index contributed by atoms with van der Waals surface area (Å²) < 4.78 is 37.4. The average molecular weight is 530 g/mol. The molecule has 1 aromatic heterocycles. The fraction of sp³-hybridized carbons (Fsp3) is 0.370. The van der Waals surface area contributed by atoms with E-state index >= 15 is 0 Å². The van der Waals surface area contributed by atoms with Crippen LogP contribution in [0.15, 0.2) is 53.3 Å². The summed E-state index contributed by atoms with van der Waals surface area (Å²) in [4.78, 5) is 12.7. The maximum absolute atomic E-state index is 14.6. The Kier molecular flexibility index (Phi) is 7.72. The highest BCUT2D eigenvalue weighted by molar-refractivity contribution is 7.88. The molecule has 2 aromatic carbocycles. The number of nitrogens with zero attached hydrogens (tertiary/aromatic N) is 1. The quantitative estimate of drug-likeness (QED) is 0.319. The van der Waals surface area contributed by atoms with Gasteiger partial charge in [-0.1, -0.05) is 18.2 Å². The number of anilines is 3. The molecule has 0 amide bonds. The number of aliphatic hydroxyl groups is 2. The third-order valence-electron chi connectivity index (χ3n) is 6.86. The number of nitrogens with one attached hydrogen (secondary N) is 2. The van der Waals surface area contributed by atoms with Crippen molar-refractivity contribution in [2.75, 3.05) is 23.8 Å². The van der Waals surface area contributed by atoms with Crippen LogP contribution < -0.4 is 20.3 Å². The van der Waals surface area contributed by atoms with E-state index < -0.39 is 34.3 Å². The molecule has 198 valence electrons. The number of hydrogen-bond acceptors (Lipinski definition) is 6. The minimum Gasteiger partial charge on any atom is -0.497 e. The van der Waals surface area contributed by atoms with Crippen molar-refractivity contribution in [3.63, 3.8) is 0 Å². The highest BCUT2D eigenvalue weighted by Crippen LogP contribution is 2.59. The fourth-order valence-electron chi connectivity index (χ4n) is 4.71. The van der Waals surface area contributed by atoms with E-state index in [0.717, 1.165) is 11.1 Å². The molecule has 1 heterocycles. The number of methoxy groups -OCH3 is 1. The van der Waals surface area contributed by atoms with Gasteiger partial charge in [0.1, 0.15) is 28.4 Å². The Balaban J connectivity index is 1.70. The molecule has 1 aliphatic rings. The number of aliphatic hydroxyl groups excluding tert-OH is 2. The Bertz CT molecular complexity index is 1390. The molecule has 37 heavy (non-hydrogen) atoms. The molecule has 1 fully saturated rings. The highest BCUT2D eigenvalue weighted by Gasteiger charge is 2.60. The first-order chi connectivity index (χ1) is 17.6. The second kappa shape index (κ2) is 10.6. The predicted molar refractivity (Wildman–Crippen MR) is 143 cm³/mol. The van der Waals surface area contributed by atoms with Crippen LogP contribution in [0.25, 0.3) is 0 Å². The van der Waals surface area contributed by atoms with Gasteiger partial charge in [0.05, 0.1) is 35.9 Å². The average Bonchev–Trinajstić information content (AvgIpc) is 3.61. The summed E-state index contributed by atoms with van der Waals surface area (Å²) >= 11 is 0. The first kappa shape index (κ1) is 26.8. The number of aromatic nitrogens is 1. The zero-order chi connectivity index (χ0) is 26.9. The van der Waals surface area contributed by atoms with E-state index in [2.05, 4.69) is 10.0 Å². The minimum atomic E-state index is -1.74. The molecule has 0 bridgehead atoms. The molecule has 10 heteroatoms. The summed E-state index contributed by atoms with van der Waals surface area (Å²) in [6.45, 7) is 2.97. The van der Waals surface area contributed by atoms with E-state index in [1.807, 2.05) is 24.3 Å². The smallest absolute Gasteiger partial charge is 0.254 e. The van der Waals surface area contributed by atoms with E-state index in [0.29, 0.717) is 23.4 Å². The largest absolute Gasteiger partial charge is 0.497 e. The van der Waals surface area contributed by atoms with Gasteiger partial charge in [-0.15, -0.1) is 0 Å². The van der Waals surface area contributed by atoms with Crippen molar-refractivity contribution in [3.05, 3.63) is 81.4 Å². The normalized spacial score (nSPS) is 20.2. The van der Waals surface area contributed by atoms with Gasteiger partial charge >= 0.3 is 0 Å². The lowest BCUT2D eigenvalue weighted by Gasteiger charge is -2.23. The Morgan fingerprint density at radius 3 is 2.65 bits per heavy atom. The molecule has 3 aromatic rings. The van der Waals surface area contributed by atoms with Crippen LogP contribution in [0, 0.1) is 19.7 Å². The monoisotopic (exact) mass is 529 g/mol. The van der Waals surface area contributed by atoms with Gasteiger partial charge in [-0.05, 0) is 68.1 Å².